The summed E-state index contributed by atoms with van der Waals surface area (Å²) >= 11 is 0. The van der Waals surface area contributed by atoms with Gasteiger partial charge in [0.05, 0.1) is 0 Å². The molecule has 1 amide bonds. The Balaban J connectivity index is 1.76. The molecule has 0 aliphatic rings. The number of carbonyl (C=O) groups is 1. The highest BCUT2D eigenvalue weighted by Gasteiger charge is 2.14. The van der Waals surface area contributed by atoms with Crippen molar-refractivity contribution in [3.63, 3.8) is 0 Å². The minimum absolute atomic E-state index is 0.0557. The van der Waals surface area contributed by atoms with Crippen LogP contribution >= 0.6 is 0 Å². The molecule has 1 aromatic carbocycles. The van der Waals surface area contributed by atoms with Crippen molar-refractivity contribution in [2.45, 2.75) is 33.6 Å². The van der Waals surface area contributed by atoms with E-state index < -0.39 is 5.91 Å². The first-order valence-electron chi connectivity index (χ1n) is 8.17. The monoisotopic (exact) mass is 336 g/mol. The number of benzene rings is 1. The molecule has 0 aliphatic carbocycles. The summed E-state index contributed by atoms with van der Waals surface area (Å²) in [5.74, 6) is 0.0216. The van der Waals surface area contributed by atoms with Gasteiger partial charge in [-0.1, -0.05) is 37.3 Å². The van der Waals surface area contributed by atoms with Crippen molar-refractivity contribution in [3.8, 4) is 0 Å². The van der Waals surface area contributed by atoms with Gasteiger partial charge in [0.25, 0.3) is 5.78 Å². The molecule has 0 saturated carbocycles. The maximum absolute atomic E-state index is 12.3. The van der Waals surface area contributed by atoms with Crippen LogP contribution in [0.25, 0.3) is 5.78 Å². The lowest BCUT2D eigenvalue weighted by atomic mass is 10.1. The minimum Gasteiger partial charge on any atom is -0.264 e. The highest BCUT2D eigenvalue weighted by Crippen LogP contribution is 2.06. The van der Waals surface area contributed by atoms with Crippen molar-refractivity contribution in [1.29, 1.82) is 0 Å². The van der Waals surface area contributed by atoms with Crippen molar-refractivity contribution in [1.82, 2.24) is 25.0 Å². The summed E-state index contributed by atoms with van der Waals surface area (Å²) in [6.07, 6.45) is 1.43. The van der Waals surface area contributed by atoms with E-state index in [2.05, 4.69) is 25.6 Å². The number of hydrazone groups is 1. The molecule has 0 fully saturated rings. The lowest BCUT2D eigenvalue weighted by Crippen LogP contribution is -2.21. The van der Waals surface area contributed by atoms with Crippen LogP contribution in [0.5, 0.6) is 0 Å². The van der Waals surface area contributed by atoms with Gasteiger partial charge in [-0.2, -0.15) is 10.1 Å². The first kappa shape index (κ1) is 16.8. The van der Waals surface area contributed by atoms with Gasteiger partial charge in [-0.15, -0.1) is 5.10 Å². The molecule has 0 radical (unpaired) electrons. The smallest absolute Gasteiger partial charge is 0.264 e. The summed E-state index contributed by atoms with van der Waals surface area (Å²) in [7, 11) is 0. The minimum atomic E-state index is -0.443. The second kappa shape index (κ2) is 7.21. The van der Waals surface area contributed by atoms with E-state index in [1.165, 1.54) is 0 Å². The van der Waals surface area contributed by atoms with Crippen molar-refractivity contribution in [3.05, 3.63) is 59.2 Å². The average molecular weight is 336 g/mol. The average Bonchev–Trinajstić information content (AvgIpc) is 3.03. The lowest BCUT2D eigenvalue weighted by Gasteiger charge is -2.04. The molecule has 0 aliphatic heterocycles. The number of nitrogens with one attached hydrogen (secondary N) is 1. The summed E-state index contributed by atoms with van der Waals surface area (Å²) in [6.45, 7) is 5.78. The van der Waals surface area contributed by atoms with Crippen molar-refractivity contribution < 1.29 is 4.79 Å². The largest absolute Gasteiger partial charge is 0.311 e. The van der Waals surface area contributed by atoms with Crippen molar-refractivity contribution in [2.24, 2.45) is 5.10 Å². The Labute approximate surface area is 145 Å². The van der Waals surface area contributed by atoms with E-state index in [4.69, 9.17) is 0 Å². The molecule has 2 heterocycles. The van der Waals surface area contributed by atoms with Gasteiger partial charge in [-0.05, 0) is 31.9 Å². The molecule has 1 N–H and O–H groups in total. The second-order valence-electron chi connectivity index (χ2n) is 5.82. The summed E-state index contributed by atoms with van der Waals surface area (Å²) in [5.41, 5.74) is 6.29. The maximum Gasteiger partial charge on any atom is 0.311 e. The first-order valence-corrected chi connectivity index (χ1v) is 8.17. The topological polar surface area (TPSA) is 84.5 Å². The third-order valence-electron chi connectivity index (χ3n) is 3.80. The Bertz CT molecular complexity index is 929. The third-order valence-corrected chi connectivity index (χ3v) is 3.80. The van der Waals surface area contributed by atoms with Crippen LogP contribution in [0.4, 0.5) is 0 Å². The third kappa shape index (κ3) is 3.88. The molecule has 2 aromatic heterocycles. The molecule has 7 heteroatoms. The van der Waals surface area contributed by atoms with Gasteiger partial charge in [0.15, 0.2) is 0 Å². The number of hydrogen-bond acceptors (Lipinski definition) is 5. The fourth-order valence-electron chi connectivity index (χ4n) is 2.52. The van der Waals surface area contributed by atoms with Gasteiger partial charge in [0.1, 0.15) is 0 Å². The fraction of sp³-hybridized carbons (Fsp3) is 0.278. The molecule has 7 nitrogen and oxygen atoms in total. The zero-order valence-corrected chi connectivity index (χ0v) is 14.5. The standard InChI is InChI=1S/C18H20N6O/c1-4-15(11-14-8-6-5-7-9-14)21-22-17(25)16-20-18-19-12(2)10-13(3)24(18)23-16/h5-10H,4,11H2,1-3H3,(H,22,25)/b21-15+. The van der Waals surface area contributed by atoms with Crippen LogP contribution in [0.15, 0.2) is 41.5 Å². The SMILES string of the molecule is CC/C(Cc1ccccc1)=N\NC(=O)c1nc2nc(C)cc(C)n2n1. The van der Waals surface area contributed by atoms with Crippen LogP contribution in [0.2, 0.25) is 0 Å². The molecule has 0 spiro atoms. The number of fused-ring (bicyclic) bond motifs is 1. The number of amides is 1. The van der Waals surface area contributed by atoms with E-state index in [0.29, 0.717) is 12.2 Å². The van der Waals surface area contributed by atoms with Crippen LogP contribution in [0.1, 0.15) is 40.9 Å². The normalized spacial score (nSPS) is 11.7. The first-order chi connectivity index (χ1) is 12.1. The van der Waals surface area contributed by atoms with E-state index >= 15 is 0 Å². The molecule has 0 atom stereocenters. The highest BCUT2D eigenvalue weighted by molar-refractivity contribution is 5.93. The van der Waals surface area contributed by atoms with Crippen LogP contribution in [-0.2, 0) is 6.42 Å². The summed E-state index contributed by atoms with van der Waals surface area (Å²) in [5, 5.41) is 8.43. The molecule has 0 unspecified atom stereocenters. The van der Waals surface area contributed by atoms with Gasteiger partial charge >= 0.3 is 5.91 Å². The Morgan fingerprint density at radius 3 is 2.68 bits per heavy atom. The molecule has 3 aromatic rings. The van der Waals surface area contributed by atoms with Gasteiger partial charge in [0.2, 0.25) is 5.82 Å². The fourth-order valence-corrected chi connectivity index (χ4v) is 2.52. The molecule has 0 bridgehead atoms. The molecule has 3 rings (SSSR count). The van der Waals surface area contributed by atoms with E-state index in [0.717, 1.165) is 29.1 Å². The number of hydrogen-bond donors (Lipinski definition) is 1. The quantitative estimate of drug-likeness (QED) is 0.573. The van der Waals surface area contributed by atoms with Crippen LogP contribution in [-0.4, -0.2) is 31.2 Å². The molecular formula is C18H20N6O. The van der Waals surface area contributed by atoms with Crippen LogP contribution in [0.3, 0.4) is 0 Å². The molecule has 25 heavy (non-hydrogen) atoms. The van der Waals surface area contributed by atoms with Gasteiger partial charge in [-0.25, -0.2) is 14.9 Å². The van der Waals surface area contributed by atoms with Gasteiger partial charge in [-0.3, -0.25) is 4.79 Å². The Morgan fingerprint density at radius 1 is 1.20 bits per heavy atom. The van der Waals surface area contributed by atoms with E-state index in [-0.39, 0.29) is 5.82 Å². The lowest BCUT2D eigenvalue weighted by molar-refractivity contribution is 0.0944. The van der Waals surface area contributed by atoms with Crippen LogP contribution < -0.4 is 5.43 Å². The second-order valence-corrected chi connectivity index (χ2v) is 5.82. The molecule has 0 saturated heterocycles. The number of nitrogens with zero attached hydrogens (tertiary/aromatic N) is 5. The van der Waals surface area contributed by atoms with E-state index in [1.54, 1.807) is 4.52 Å². The highest BCUT2D eigenvalue weighted by atomic mass is 16.2. The zero-order valence-electron chi connectivity index (χ0n) is 14.5. The number of aromatic nitrogens is 4. The van der Waals surface area contributed by atoms with E-state index in [9.17, 15) is 4.79 Å². The van der Waals surface area contributed by atoms with E-state index in [1.807, 2.05) is 57.2 Å². The molecule has 128 valence electrons. The van der Waals surface area contributed by atoms with Crippen molar-refractivity contribution in [2.75, 3.05) is 0 Å². The number of rotatable bonds is 5. The van der Waals surface area contributed by atoms with Crippen LogP contribution in [0, 0.1) is 13.8 Å². The molecular weight excluding hydrogens is 316 g/mol. The Kier molecular flexibility index (Phi) is 4.83. The zero-order chi connectivity index (χ0) is 17.8. The van der Waals surface area contributed by atoms with Gasteiger partial charge in [0, 0.05) is 23.5 Å². The Hall–Kier alpha value is -3.09. The van der Waals surface area contributed by atoms with Gasteiger partial charge < -0.3 is 0 Å². The predicted molar refractivity (Wildman–Crippen MR) is 95.6 cm³/mol. The Morgan fingerprint density at radius 2 is 1.96 bits per heavy atom. The number of carbonyl (C=O) groups excluding carboxylic acids is 1. The predicted octanol–water partition coefficient (Wildman–Crippen LogP) is 2.48. The maximum atomic E-state index is 12.3. The summed E-state index contributed by atoms with van der Waals surface area (Å²) < 4.78 is 1.55. The van der Waals surface area contributed by atoms with Crippen molar-refractivity contribution >= 4 is 17.4 Å². The summed E-state index contributed by atoms with van der Waals surface area (Å²) in [4.78, 5) is 20.8. The number of aryl methyl sites for hydroxylation is 2. The summed E-state index contributed by atoms with van der Waals surface area (Å²) in [6, 6.07) is 11.9.